The van der Waals surface area contributed by atoms with Crippen molar-refractivity contribution >= 4 is 46.4 Å². The summed E-state index contributed by atoms with van der Waals surface area (Å²) in [5.74, 6) is -5.08. The third-order valence-corrected chi connectivity index (χ3v) is 9.19. The summed E-state index contributed by atoms with van der Waals surface area (Å²) in [5, 5.41) is 52.9. The van der Waals surface area contributed by atoms with Crippen LogP contribution in [-0.4, -0.2) is 179 Å². The summed E-state index contributed by atoms with van der Waals surface area (Å²) in [6.45, 7) is 1.84. The Labute approximate surface area is 289 Å². The van der Waals surface area contributed by atoms with Crippen LogP contribution >= 0.6 is 0 Å². The largest absolute Gasteiger partial charge is 0.549 e. The number of piperazine rings is 1. The summed E-state index contributed by atoms with van der Waals surface area (Å²) >= 11 is 0. The maximum Gasteiger partial charge on any atom is 0.320 e. The number of carbonyl (C=O) groups is 5. The number of hydrogen-bond acceptors (Lipinski definition) is 14. The Bertz CT molecular complexity index is 1470. The normalized spacial score (nSPS) is 18.7. The van der Waals surface area contributed by atoms with E-state index in [2.05, 4.69) is 9.88 Å². The maximum absolute atomic E-state index is 13.3. The highest BCUT2D eigenvalue weighted by molar-refractivity contribution is 5.83. The van der Waals surface area contributed by atoms with E-state index in [1.165, 1.54) is 0 Å². The molecular weight excluding hydrogens is 654 g/mol. The molecule has 3 heterocycles. The van der Waals surface area contributed by atoms with Crippen molar-refractivity contribution in [3.8, 4) is 0 Å². The number of aliphatic carboxylic acids is 4. The van der Waals surface area contributed by atoms with Crippen LogP contribution in [0.3, 0.4) is 0 Å². The molecule has 2 aliphatic rings. The minimum Gasteiger partial charge on any atom is -0.549 e. The van der Waals surface area contributed by atoms with Crippen LogP contribution in [0, 0.1) is 0 Å². The summed E-state index contributed by atoms with van der Waals surface area (Å²) < 4.78 is 0. The number of aliphatic hydroxyl groups is 1. The zero-order valence-electron chi connectivity index (χ0n) is 28.0. The van der Waals surface area contributed by atoms with Crippen LogP contribution in [0.25, 0.3) is 10.9 Å². The van der Waals surface area contributed by atoms with E-state index in [9.17, 15) is 49.5 Å². The molecule has 1 aromatic heterocycles. The Morgan fingerprint density at radius 2 is 1.26 bits per heavy atom. The predicted molar refractivity (Wildman–Crippen MR) is 176 cm³/mol. The Balaban J connectivity index is 1.39. The number of aliphatic hydroxyl groups excluding tert-OH is 1. The van der Waals surface area contributed by atoms with Crippen molar-refractivity contribution in [2.45, 2.75) is 25.5 Å². The number of nitrogens with zero attached hydrogens (tertiary/aromatic N) is 7. The molecule has 2 aliphatic heterocycles. The van der Waals surface area contributed by atoms with Crippen molar-refractivity contribution < 1.29 is 49.5 Å². The molecule has 0 bridgehead atoms. The molecule has 1 unspecified atom stereocenters. The second kappa shape index (κ2) is 18.5. The number of carboxylic acids is 4. The number of benzene rings is 1. The van der Waals surface area contributed by atoms with Gasteiger partial charge in [0.15, 0.2) is 0 Å². The number of anilines is 1. The van der Waals surface area contributed by atoms with Crippen molar-refractivity contribution in [1.29, 1.82) is 0 Å². The molecule has 2 saturated heterocycles. The lowest BCUT2D eigenvalue weighted by molar-refractivity contribution is -0.308. The Morgan fingerprint density at radius 1 is 0.720 bits per heavy atom. The van der Waals surface area contributed by atoms with Gasteiger partial charge in [-0.25, -0.2) is 0 Å². The maximum atomic E-state index is 13.3. The standard InChI is InChI=1S/C33H47N7O10/c41-23-25-3-1-24-2-4-26(19-27(24)34-25)38-15-17-40(18-16-38)29(42)6-5-28(33(49)50)39-13-11-36(21-31(45)46)9-7-35(20-30(43)44)8-10-37(12-14-39)22-32(47)48/h1-4,19,28,41H,5-18,20-23H2,(H,43,44)(H,45,46)(H,47,48)(H,49,50)/p-2. The third-order valence-electron chi connectivity index (χ3n) is 9.19. The summed E-state index contributed by atoms with van der Waals surface area (Å²) in [5.41, 5.74) is 2.29. The molecule has 1 amide bonds. The molecule has 2 aromatic rings. The number of carboxylic acid groups (broad SMARTS) is 4. The molecular formula is C33H45N7O10-2. The first-order valence-corrected chi connectivity index (χ1v) is 16.7. The topological polar surface area (TPSA) is 224 Å². The van der Waals surface area contributed by atoms with Gasteiger partial charge in [0.2, 0.25) is 5.91 Å². The van der Waals surface area contributed by atoms with Gasteiger partial charge in [-0.2, -0.15) is 0 Å². The summed E-state index contributed by atoms with van der Waals surface area (Å²) in [6, 6.07) is 8.49. The van der Waals surface area contributed by atoms with Gasteiger partial charge >= 0.3 is 11.9 Å². The fourth-order valence-electron chi connectivity index (χ4n) is 6.42. The average molecular weight is 700 g/mol. The average Bonchev–Trinajstić information content (AvgIpc) is 3.07. The Kier molecular flexibility index (Phi) is 14.2. The number of amides is 1. The molecule has 1 atom stereocenters. The fraction of sp³-hybridized carbons (Fsp3) is 0.576. The molecule has 50 heavy (non-hydrogen) atoms. The monoisotopic (exact) mass is 699 g/mol. The molecule has 17 nitrogen and oxygen atoms in total. The fourth-order valence-corrected chi connectivity index (χ4v) is 6.42. The van der Waals surface area contributed by atoms with Gasteiger partial charge in [0.25, 0.3) is 0 Å². The SMILES string of the molecule is O=C([O-])CN1CCN(CC(=O)[O-])CCN(C(CCC(=O)N2CCN(c3ccc4ccc(CO)nc4c3)CC2)C(=O)O)CCN(CC(=O)O)CC1. The first kappa shape index (κ1) is 38.4. The predicted octanol–water partition coefficient (Wildman–Crippen LogP) is -3.58. The van der Waals surface area contributed by atoms with Crippen molar-refractivity contribution in [2.24, 2.45) is 0 Å². The van der Waals surface area contributed by atoms with Gasteiger partial charge in [0.1, 0.15) is 6.04 Å². The molecule has 2 fully saturated rings. The van der Waals surface area contributed by atoms with Crippen LogP contribution in [0.4, 0.5) is 5.69 Å². The number of pyridine rings is 1. The highest BCUT2D eigenvalue weighted by atomic mass is 16.4. The van der Waals surface area contributed by atoms with E-state index in [1.807, 2.05) is 24.3 Å². The lowest BCUT2D eigenvalue weighted by atomic mass is 10.1. The number of rotatable bonds is 13. The second-order valence-corrected chi connectivity index (χ2v) is 12.6. The number of carbonyl (C=O) groups excluding carboxylic acids is 3. The Hall–Kier alpha value is -4.42. The van der Waals surface area contributed by atoms with Crippen molar-refractivity contribution in [1.82, 2.24) is 29.5 Å². The minimum atomic E-state index is -1.34. The van der Waals surface area contributed by atoms with Crippen LogP contribution in [-0.2, 0) is 30.6 Å². The summed E-state index contributed by atoms with van der Waals surface area (Å²) in [4.78, 5) is 74.9. The second-order valence-electron chi connectivity index (χ2n) is 12.6. The number of aromatic nitrogens is 1. The van der Waals surface area contributed by atoms with Crippen LogP contribution in [0.1, 0.15) is 18.5 Å². The van der Waals surface area contributed by atoms with Crippen molar-refractivity contribution in [3.63, 3.8) is 0 Å². The lowest BCUT2D eigenvalue weighted by Crippen LogP contribution is -2.53. The van der Waals surface area contributed by atoms with Gasteiger partial charge in [-0.15, -0.1) is 0 Å². The zero-order valence-corrected chi connectivity index (χ0v) is 28.0. The molecule has 17 heteroatoms. The molecule has 4 rings (SSSR count). The first-order chi connectivity index (χ1) is 23.9. The molecule has 0 saturated carbocycles. The Morgan fingerprint density at radius 3 is 1.78 bits per heavy atom. The van der Waals surface area contributed by atoms with Gasteiger partial charge in [-0.05, 0) is 24.6 Å². The van der Waals surface area contributed by atoms with E-state index < -0.39 is 43.0 Å². The van der Waals surface area contributed by atoms with E-state index in [0.29, 0.717) is 31.9 Å². The van der Waals surface area contributed by atoms with E-state index in [0.717, 1.165) is 16.6 Å². The molecule has 0 spiro atoms. The molecule has 1 aromatic carbocycles. The highest BCUT2D eigenvalue weighted by Gasteiger charge is 2.30. The summed E-state index contributed by atoms with van der Waals surface area (Å²) in [7, 11) is 0. The zero-order chi connectivity index (χ0) is 36.2. The number of hydrogen-bond donors (Lipinski definition) is 3. The first-order valence-electron chi connectivity index (χ1n) is 16.7. The smallest absolute Gasteiger partial charge is 0.320 e. The highest BCUT2D eigenvalue weighted by Crippen LogP contribution is 2.23. The van der Waals surface area contributed by atoms with Crippen molar-refractivity contribution in [3.05, 3.63) is 36.0 Å². The molecule has 274 valence electrons. The molecule has 3 N–H and O–H groups in total. The molecule has 0 aliphatic carbocycles. The number of fused-ring (bicyclic) bond motifs is 1. The van der Waals surface area contributed by atoms with E-state index >= 15 is 0 Å². The van der Waals surface area contributed by atoms with Crippen molar-refractivity contribution in [2.75, 3.05) is 103 Å². The van der Waals surface area contributed by atoms with Crippen LogP contribution < -0.4 is 15.1 Å². The summed E-state index contributed by atoms with van der Waals surface area (Å²) in [6.07, 6.45) is -0.0339. The van der Waals surface area contributed by atoms with Crippen LogP contribution in [0.2, 0.25) is 0 Å². The van der Waals surface area contributed by atoms with Crippen LogP contribution in [0.15, 0.2) is 30.3 Å². The van der Waals surface area contributed by atoms with Gasteiger partial charge in [-0.1, -0.05) is 12.1 Å². The van der Waals surface area contributed by atoms with E-state index in [1.54, 1.807) is 30.6 Å². The van der Waals surface area contributed by atoms with Gasteiger partial charge in [0.05, 0.1) is 36.3 Å². The lowest BCUT2D eigenvalue weighted by Gasteiger charge is -2.37. The third kappa shape index (κ3) is 11.6. The van der Waals surface area contributed by atoms with Gasteiger partial charge in [-0.3, -0.25) is 39.0 Å². The minimum absolute atomic E-state index is 0.00325. The van der Waals surface area contributed by atoms with Gasteiger partial charge in [0, 0.05) is 109 Å². The van der Waals surface area contributed by atoms with E-state index in [4.69, 9.17) is 0 Å². The van der Waals surface area contributed by atoms with Crippen LogP contribution in [0.5, 0.6) is 0 Å². The quantitative estimate of drug-likeness (QED) is 0.184. The molecule has 0 radical (unpaired) electrons. The van der Waals surface area contributed by atoms with E-state index in [-0.39, 0.29) is 84.3 Å². The van der Waals surface area contributed by atoms with Gasteiger partial charge < -0.3 is 44.9 Å².